The molecule has 1 amide bonds. The maximum Gasteiger partial charge on any atom is 0.254 e. The molecule has 2 N–H and O–H groups in total. The molecule has 0 spiro atoms. The number of hydrogen-bond acceptors (Lipinski definition) is 2. The largest absolute Gasteiger partial charge is 0.508 e. The van der Waals surface area contributed by atoms with Gasteiger partial charge in [0.05, 0.1) is 5.57 Å². The van der Waals surface area contributed by atoms with Crippen molar-refractivity contribution in [3.05, 3.63) is 36.6 Å². The van der Waals surface area contributed by atoms with Gasteiger partial charge in [-0.3, -0.25) is 4.79 Å². The van der Waals surface area contributed by atoms with Crippen LogP contribution in [0.4, 0.5) is 0 Å². The summed E-state index contributed by atoms with van der Waals surface area (Å²) in [6, 6.07) is 0. The van der Waals surface area contributed by atoms with Crippen LogP contribution in [0, 0.1) is 0 Å². The predicted molar refractivity (Wildman–Crippen MR) is 44.1 cm³/mol. The second-order valence-corrected chi connectivity index (χ2v) is 1.84. The van der Waals surface area contributed by atoms with E-state index >= 15 is 0 Å². The minimum Gasteiger partial charge on any atom is -0.508 e. The van der Waals surface area contributed by atoms with E-state index in [1.807, 2.05) is 0 Å². The molecule has 0 heterocycles. The maximum absolute atomic E-state index is 10.9. The van der Waals surface area contributed by atoms with Gasteiger partial charge < -0.3 is 10.4 Å². The first-order chi connectivity index (χ1) is 5.13. The minimum absolute atomic E-state index is 0.127. The topological polar surface area (TPSA) is 49.3 Å². The van der Waals surface area contributed by atoms with E-state index in [0.29, 0.717) is 0 Å². The molecule has 3 heteroatoms. The summed E-state index contributed by atoms with van der Waals surface area (Å²) in [6.45, 7) is 6.61. The molecule has 11 heavy (non-hydrogen) atoms. The van der Waals surface area contributed by atoms with E-state index in [9.17, 15) is 4.79 Å². The summed E-state index contributed by atoms with van der Waals surface area (Å²) in [5.74, 6) is -0.637. The SMILES string of the molecule is C=C/C=C(\C(=C)O)C(=O)NC. The highest BCUT2D eigenvalue weighted by Gasteiger charge is 2.07. The lowest BCUT2D eigenvalue weighted by Crippen LogP contribution is -2.20. The second-order valence-electron chi connectivity index (χ2n) is 1.84. The lowest BCUT2D eigenvalue weighted by molar-refractivity contribution is -0.117. The fraction of sp³-hybridized carbons (Fsp3) is 0.125. The van der Waals surface area contributed by atoms with Gasteiger partial charge in [-0.2, -0.15) is 0 Å². The zero-order valence-corrected chi connectivity index (χ0v) is 6.42. The third kappa shape index (κ3) is 2.71. The molecule has 0 rings (SSSR count). The highest BCUT2D eigenvalue weighted by Crippen LogP contribution is 2.03. The van der Waals surface area contributed by atoms with Crippen molar-refractivity contribution in [2.75, 3.05) is 7.05 Å². The van der Waals surface area contributed by atoms with Crippen molar-refractivity contribution in [1.82, 2.24) is 5.32 Å². The molecular weight excluding hydrogens is 142 g/mol. The van der Waals surface area contributed by atoms with Crippen molar-refractivity contribution in [3.63, 3.8) is 0 Å². The molecule has 0 aliphatic carbocycles. The zero-order chi connectivity index (χ0) is 8.85. The number of rotatable bonds is 3. The number of nitrogens with one attached hydrogen (secondary N) is 1. The molecule has 3 nitrogen and oxygen atoms in total. The molecular formula is C8H11NO2. The van der Waals surface area contributed by atoms with Gasteiger partial charge in [-0.05, 0) is 6.08 Å². The lowest BCUT2D eigenvalue weighted by atomic mass is 10.2. The average molecular weight is 153 g/mol. The van der Waals surface area contributed by atoms with Gasteiger partial charge in [0, 0.05) is 7.05 Å². The van der Waals surface area contributed by atoms with Gasteiger partial charge in [0.25, 0.3) is 5.91 Å². The Bertz CT molecular complexity index is 216. The highest BCUT2D eigenvalue weighted by molar-refractivity contribution is 5.96. The molecule has 0 radical (unpaired) electrons. The number of carbonyl (C=O) groups is 1. The molecule has 0 atom stereocenters. The summed E-state index contributed by atoms with van der Waals surface area (Å²) >= 11 is 0. The van der Waals surface area contributed by atoms with Gasteiger partial charge in [-0.25, -0.2) is 0 Å². The van der Waals surface area contributed by atoms with Crippen LogP contribution in [-0.2, 0) is 4.79 Å². The van der Waals surface area contributed by atoms with Crippen LogP contribution in [0.3, 0.4) is 0 Å². The molecule has 0 aliphatic heterocycles. The van der Waals surface area contributed by atoms with Gasteiger partial charge in [0.1, 0.15) is 5.76 Å². The van der Waals surface area contributed by atoms with Gasteiger partial charge >= 0.3 is 0 Å². The van der Waals surface area contributed by atoms with Crippen LogP contribution in [0.15, 0.2) is 36.6 Å². The number of allylic oxidation sites excluding steroid dienone is 2. The van der Waals surface area contributed by atoms with Gasteiger partial charge in [-0.15, -0.1) is 0 Å². The number of amides is 1. The van der Waals surface area contributed by atoms with E-state index in [4.69, 9.17) is 5.11 Å². The first kappa shape index (κ1) is 9.49. The predicted octanol–water partition coefficient (Wildman–Crippen LogP) is 0.916. The number of carbonyl (C=O) groups excluding carboxylic acids is 1. The van der Waals surface area contributed by atoms with Gasteiger partial charge in [-0.1, -0.05) is 19.2 Å². The van der Waals surface area contributed by atoms with Crippen molar-refractivity contribution in [3.8, 4) is 0 Å². The fourth-order valence-electron chi connectivity index (χ4n) is 0.555. The zero-order valence-electron chi connectivity index (χ0n) is 6.42. The van der Waals surface area contributed by atoms with Crippen molar-refractivity contribution in [2.45, 2.75) is 0 Å². The number of hydrogen-bond donors (Lipinski definition) is 2. The van der Waals surface area contributed by atoms with Crippen molar-refractivity contribution in [1.29, 1.82) is 0 Å². The summed E-state index contributed by atoms with van der Waals surface area (Å²) in [5.41, 5.74) is 0.127. The van der Waals surface area contributed by atoms with Crippen LogP contribution in [0.5, 0.6) is 0 Å². The molecule has 0 aromatic rings. The Morgan fingerprint density at radius 3 is 2.45 bits per heavy atom. The Morgan fingerprint density at radius 1 is 1.64 bits per heavy atom. The summed E-state index contributed by atoms with van der Waals surface area (Å²) in [4.78, 5) is 10.9. The second kappa shape index (κ2) is 4.33. The van der Waals surface area contributed by atoms with Crippen LogP contribution in [0.25, 0.3) is 0 Å². The monoisotopic (exact) mass is 153 g/mol. The molecule has 0 aromatic carbocycles. The van der Waals surface area contributed by atoms with Gasteiger partial charge in [0.2, 0.25) is 0 Å². The van der Waals surface area contributed by atoms with E-state index in [2.05, 4.69) is 18.5 Å². The van der Waals surface area contributed by atoms with Crippen LogP contribution >= 0.6 is 0 Å². The van der Waals surface area contributed by atoms with Crippen LogP contribution in [0.2, 0.25) is 0 Å². The Balaban J connectivity index is 4.61. The number of aliphatic hydroxyl groups is 1. The summed E-state index contributed by atoms with van der Waals surface area (Å²) in [7, 11) is 1.47. The van der Waals surface area contributed by atoms with Crippen LogP contribution < -0.4 is 5.32 Å². The van der Waals surface area contributed by atoms with Crippen molar-refractivity contribution < 1.29 is 9.90 Å². The van der Waals surface area contributed by atoms with E-state index < -0.39 is 0 Å². The van der Waals surface area contributed by atoms with E-state index in [1.165, 1.54) is 19.2 Å². The maximum atomic E-state index is 10.9. The molecule has 0 saturated heterocycles. The molecule has 0 aromatic heterocycles. The summed E-state index contributed by atoms with van der Waals surface area (Å²) in [6.07, 6.45) is 2.80. The first-order valence-electron chi connectivity index (χ1n) is 3.06. The Morgan fingerprint density at radius 2 is 2.18 bits per heavy atom. The summed E-state index contributed by atoms with van der Waals surface area (Å²) in [5, 5.41) is 11.2. The standard InChI is InChI=1S/C8H11NO2/c1-4-5-7(6(2)10)8(11)9-3/h4-5,10H,1-2H2,3H3,(H,9,11)/b7-5+. The van der Waals surface area contributed by atoms with E-state index in [1.54, 1.807) is 0 Å². The molecule has 0 saturated carbocycles. The third-order valence-corrected chi connectivity index (χ3v) is 1.07. The molecule has 0 unspecified atom stereocenters. The minimum atomic E-state index is -0.377. The molecule has 0 bridgehead atoms. The quantitative estimate of drug-likeness (QED) is 0.360. The Labute approximate surface area is 65.7 Å². The van der Waals surface area contributed by atoms with Crippen molar-refractivity contribution >= 4 is 5.91 Å². The Hall–Kier alpha value is -1.51. The molecule has 60 valence electrons. The lowest BCUT2D eigenvalue weighted by Gasteiger charge is -2.01. The smallest absolute Gasteiger partial charge is 0.254 e. The first-order valence-corrected chi connectivity index (χ1v) is 3.06. The highest BCUT2D eigenvalue weighted by atomic mass is 16.3. The summed E-state index contributed by atoms with van der Waals surface area (Å²) < 4.78 is 0. The number of aliphatic hydroxyl groups excluding tert-OH is 1. The van der Waals surface area contributed by atoms with Gasteiger partial charge in [0.15, 0.2) is 0 Å². The molecule has 0 fully saturated rings. The molecule has 0 aliphatic rings. The van der Waals surface area contributed by atoms with E-state index in [-0.39, 0.29) is 17.2 Å². The normalized spacial score (nSPS) is 10.5. The fourth-order valence-corrected chi connectivity index (χ4v) is 0.555. The van der Waals surface area contributed by atoms with E-state index in [0.717, 1.165) is 0 Å². The van der Waals surface area contributed by atoms with Crippen LogP contribution in [-0.4, -0.2) is 18.1 Å². The van der Waals surface area contributed by atoms with Crippen molar-refractivity contribution in [2.24, 2.45) is 0 Å². The Kier molecular flexibility index (Phi) is 3.73. The van der Waals surface area contributed by atoms with Crippen LogP contribution in [0.1, 0.15) is 0 Å². The third-order valence-electron chi connectivity index (χ3n) is 1.07. The number of likely N-dealkylation sites (N-methyl/N-ethyl adjacent to an activating group) is 1. The average Bonchev–Trinajstić information content (AvgIpc) is 1.98.